The number of nitrogens with zero attached hydrogens (tertiary/aromatic N) is 2. The van der Waals surface area contributed by atoms with Gasteiger partial charge < -0.3 is 9.13 Å². The first-order valence-corrected chi connectivity index (χ1v) is 15.5. The predicted molar refractivity (Wildman–Crippen MR) is 189 cm³/mol. The molecule has 0 atom stereocenters. The van der Waals surface area contributed by atoms with Gasteiger partial charge in [-0.05, 0) is 137 Å². The van der Waals surface area contributed by atoms with Crippen LogP contribution >= 0.6 is 0 Å². The molecule has 0 saturated carbocycles. The fraction of sp³-hybridized carbons (Fsp3) is 0.143. The van der Waals surface area contributed by atoms with Crippen LogP contribution in [-0.2, 0) is 0 Å². The van der Waals surface area contributed by atoms with Crippen LogP contribution < -0.4 is 0 Å². The van der Waals surface area contributed by atoms with Gasteiger partial charge in [0.25, 0.3) is 0 Å². The highest BCUT2D eigenvalue weighted by molar-refractivity contribution is 6.11. The van der Waals surface area contributed by atoms with Gasteiger partial charge in [0.1, 0.15) is 0 Å². The van der Waals surface area contributed by atoms with Gasteiger partial charge in [-0.15, -0.1) is 0 Å². The first-order valence-electron chi connectivity index (χ1n) is 15.5. The van der Waals surface area contributed by atoms with E-state index in [4.69, 9.17) is 0 Å². The Hall–Kier alpha value is -5.08. The van der Waals surface area contributed by atoms with E-state index < -0.39 is 0 Å². The summed E-state index contributed by atoms with van der Waals surface area (Å²) in [6.45, 7) is 13.2. The zero-order valence-electron chi connectivity index (χ0n) is 26.3. The highest BCUT2D eigenvalue weighted by Gasteiger charge is 2.17. The van der Waals surface area contributed by atoms with Crippen LogP contribution in [-0.4, -0.2) is 9.13 Å². The van der Waals surface area contributed by atoms with E-state index >= 15 is 0 Å². The van der Waals surface area contributed by atoms with E-state index in [1.54, 1.807) is 0 Å². The van der Waals surface area contributed by atoms with Crippen molar-refractivity contribution < 1.29 is 0 Å². The van der Waals surface area contributed by atoms with Gasteiger partial charge >= 0.3 is 0 Å². The fourth-order valence-corrected chi connectivity index (χ4v) is 7.14. The number of hydrogen-bond acceptors (Lipinski definition) is 0. The van der Waals surface area contributed by atoms with Gasteiger partial charge in [0.15, 0.2) is 0 Å². The third-order valence-electron chi connectivity index (χ3n) is 9.40. The van der Waals surface area contributed by atoms with Crippen molar-refractivity contribution in [2.45, 2.75) is 41.5 Å². The Bertz CT molecular complexity index is 2160. The molecule has 0 N–H and O–H groups in total. The van der Waals surface area contributed by atoms with E-state index in [-0.39, 0.29) is 0 Å². The van der Waals surface area contributed by atoms with Crippen LogP contribution in [0.25, 0.3) is 66.1 Å². The summed E-state index contributed by atoms with van der Waals surface area (Å²) >= 11 is 0. The molecule has 0 saturated heterocycles. The van der Waals surface area contributed by atoms with Crippen molar-refractivity contribution in [2.75, 3.05) is 0 Å². The summed E-state index contributed by atoms with van der Waals surface area (Å²) < 4.78 is 4.87. The van der Waals surface area contributed by atoms with Gasteiger partial charge in [-0.2, -0.15) is 0 Å². The van der Waals surface area contributed by atoms with Crippen LogP contribution in [0.3, 0.4) is 0 Å². The molecular weight excluding hydrogens is 532 g/mol. The number of aryl methyl sites for hydroxylation is 6. The molecule has 0 amide bonds. The van der Waals surface area contributed by atoms with Crippen LogP contribution in [0.4, 0.5) is 0 Å². The Morgan fingerprint density at radius 2 is 0.614 bits per heavy atom. The van der Waals surface area contributed by atoms with Gasteiger partial charge in [0.05, 0.1) is 22.1 Å². The first-order chi connectivity index (χ1) is 21.3. The monoisotopic (exact) mass is 568 g/mol. The second-order valence-electron chi connectivity index (χ2n) is 12.8. The Balaban J connectivity index is 1.36. The van der Waals surface area contributed by atoms with Crippen LogP contribution in [0, 0.1) is 41.5 Å². The minimum Gasteiger partial charge on any atom is -0.309 e. The van der Waals surface area contributed by atoms with Gasteiger partial charge in [-0.25, -0.2) is 0 Å². The molecule has 0 spiro atoms. The average Bonchev–Trinajstić information content (AvgIpc) is 3.49. The number of aromatic nitrogens is 2. The van der Waals surface area contributed by atoms with E-state index in [9.17, 15) is 0 Å². The summed E-state index contributed by atoms with van der Waals surface area (Å²) in [4.78, 5) is 0. The van der Waals surface area contributed by atoms with E-state index in [1.807, 2.05) is 0 Å². The molecule has 0 bridgehead atoms. The Morgan fingerprint density at radius 1 is 0.318 bits per heavy atom. The smallest absolute Gasteiger partial charge is 0.0541 e. The largest absolute Gasteiger partial charge is 0.309 e. The van der Waals surface area contributed by atoms with E-state index in [2.05, 4.69) is 160 Å². The minimum atomic E-state index is 1.19. The maximum Gasteiger partial charge on any atom is 0.0541 e. The number of benzene rings is 6. The van der Waals surface area contributed by atoms with Crippen LogP contribution in [0.5, 0.6) is 0 Å². The molecule has 6 aromatic carbocycles. The van der Waals surface area contributed by atoms with Gasteiger partial charge in [-0.1, -0.05) is 58.7 Å². The highest BCUT2D eigenvalue weighted by Crippen LogP contribution is 2.38. The number of fused-ring (bicyclic) bond motifs is 6. The normalized spacial score (nSPS) is 11.9. The van der Waals surface area contributed by atoms with Crippen molar-refractivity contribution in [3.63, 3.8) is 0 Å². The molecule has 44 heavy (non-hydrogen) atoms. The number of hydrogen-bond donors (Lipinski definition) is 0. The van der Waals surface area contributed by atoms with E-state index in [0.29, 0.717) is 0 Å². The minimum absolute atomic E-state index is 1.19. The topological polar surface area (TPSA) is 9.86 Å². The molecule has 0 aliphatic rings. The summed E-state index contributed by atoms with van der Waals surface area (Å²) in [5.41, 5.74) is 17.6. The zero-order valence-corrected chi connectivity index (χ0v) is 26.3. The van der Waals surface area contributed by atoms with Crippen LogP contribution in [0.15, 0.2) is 109 Å². The lowest BCUT2D eigenvalue weighted by Gasteiger charge is -2.16. The number of rotatable bonds is 3. The molecule has 214 valence electrons. The van der Waals surface area contributed by atoms with Gasteiger partial charge in [0.2, 0.25) is 0 Å². The molecule has 2 aromatic heterocycles. The molecule has 2 heterocycles. The molecule has 0 aliphatic carbocycles. The summed E-state index contributed by atoms with van der Waals surface area (Å²) in [5, 5.41) is 5.23. The quantitative estimate of drug-likeness (QED) is 0.201. The van der Waals surface area contributed by atoms with Crippen molar-refractivity contribution in [3.8, 4) is 22.5 Å². The molecule has 0 radical (unpaired) electrons. The maximum absolute atomic E-state index is 2.43. The SMILES string of the molecule is Cc1ccc2c(c1)c1cc(C)ccc1n2-c1ccc(C)c(-c2cc(-n3c4ccc(C)cc4c4cc(C)ccc43)ccc2C)c1. The third kappa shape index (κ3) is 4.02. The van der Waals surface area contributed by atoms with Crippen LogP contribution in [0.1, 0.15) is 33.4 Å². The molecule has 0 unspecified atom stereocenters. The van der Waals surface area contributed by atoms with Gasteiger partial charge in [0, 0.05) is 32.9 Å². The summed E-state index contributed by atoms with van der Waals surface area (Å²) in [7, 11) is 0. The average molecular weight is 569 g/mol. The summed E-state index contributed by atoms with van der Waals surface area (Å²) in [6.07, 6.45) is 0. The second kappa shape index (κ2) is 9.72. The Kier molecular flexibility index (Phi) is 5.86. The van der Waals surface area contributed by atoms with Crippen molar-refractivity contribution in [3.05, 3.63) is 143 Å². The summed E-state index contributed by atoms with van der Waals surface area (Å²) in [6, 6.07) is 41.2. The maximum atomic E-state index is 2.43. The van der Waals surface area contributed by atoms with E-state index in [0.717, 1.165) is 0 Å². The highest BCUT2D eigenvalue weighted by atomic mass is 15.0. The Labute approximate surface area is 258 Å². The first kappa shape index (κ1) is 26.5. The van der Waals surface area contributed by atoms with Crippen molar-refractivity contribution >= 4 is 43.6 Å². The lowest BCUT2D eigenvalue weighted by Crippen LogP contribution is -1.98. The van der Waals surface area contributed by atoms with Crippen molar-refractivity contribution in [2.24, 2.45) is 0 Å². The molecule has 2 nitrogen and oxygen atoms in total. The van der Waals surface area contributed by atoms with Crippen molar-refractivity contribution in [1.29, 1.82) is 0 Å². The molecule has 2 heteroatoms. The second-order valence-corrected chi connectivity index (χ2v) is 12.8. The van der Waals surface area contributed by atoms with Crippen molar-refractivity contribution in [1.82, 2.24) is 9.13 Å². The third-order valence-corrected chi connectivity index (χ3v) is 9.40. The lowest BCUT2D eigenvalue weighted by atomic mass is 9.95. The molecular formula is C42H36N2. The lowest BCUT2D eigenvalue weighted by molar-refractivity contribution is 1.16. The molecule has 8 aromatic rings. The standard InChI is InChI=1S/C42H36N2/c1-25-7-15-39-35(19-25)36-20-26(2)8-16-40(36)43(39)31-13-11-29(5)33(23-31)34-24-32(14-12-30(34)6)44-41-17-9-27(3)21-37(41)38-22-28(4)10-18-42(38)44/h7-24H,1-6H3. The fourth-order valence-electron chi connectivity index (χ4n) is 7.14. The Morgan fingerprint density at radius 3 is 0.909 bits per heavy atom. The molecule has 0 fully saturated rings. The van der Waals surface area contributed by atoms with Crippen LogP contribution in [0.2, 0.25) is 0 Å². The molecule has 0 aliphatic heterocycles. The van der Waals surface area contributed by atoms with E-state index in [1.165, 1.54) is 99.5 Å². The van der Waals surface area contributed by atoms with Gasteiger partial charge in [-0.3, -0.25) is 0 Å². The predicted octanol–water partition coefficient (Wildman–Crippen LogP) is 11.4. The summed E-state index contributed by atoms with van der Waals surface area (Å²) in [5.74, 6) is 0. The zero-order chi connectivity index (χ0) is 30.3. The molecule has 8 rings (SSSR count).